The first-order valence-corrected chi connectivity index (χ1v) is 11.8. The topological polar surface area (TPSA) is 116 Å². The molecule has 0 saturated heterocycles. The van der Waals surface area contributed by atoms with Crippen LogP contribution in [0.2, 0.25) is 0 Å². The van der Waals surface area contributed by atoms with Crippen molar-refractivity contribution in [1.29, 1.82) is 0 Å². The van der Waals surface area contributed by atoms with Gasteiger partial charge >= 0.3 is 0 Å². The van der Waals surface area contributed by atoms with Crippen LogP contribution < -0.4 is 5.55 Å². The number of aryl methyl sites for hydroxylation is 1. The van der Waals surface area contributed by atoms with Crippen LogP contribution in [0.1, 0.15) is 35.4 Å². The summed E-state index contributed by atoms with van der Waals surface area (Å²) in [6.07, 6.45) is 4.00. The number of benzene rings is 3. The van der Waals surface area contributed by atoms with E-state index in [1.807, 2.05) is 42.5 Å². The standard InChI is InChI=1S/C27H21N5O4/c33-26(19-8-6-9-20(15-19)32(34)35)28-27-22(25-30-29-23-11-2-1-5-14-31(23)25)16-18-13-12-17-7-3-4-10-21(17)24(18)36-27/h3-4,6-10,12-13,15-16H,1-2,5,11,14H2. The molecule has 5 aromatic rings. The summed E-state index contributed by atoms with van der Waals surface area (Å²) in [5.41, 5.74) is 1.16. The van der Waals surface area contributed by atoms with Crippen molar-refractivity contribution >= 4 is 33.3 Å². The highest BCUT2D eigenvalue weighted by molar-refractivity contribution is 6.04. The summed E-state index contributed by atoms with van der Waals surface area (Å²) < 4.78 is 8.39. The van der Waals surface area contributed by atoms with Crippen LogP contribution in [0.4, 0.5) is 5.69 Å². The van der Waals surface area contributed by atoms with Crippen LogP contribution in [0.5, 0.6) is 0 Å². The van der Waals surface area contributed by atoms with E-state index in [2.05, 4.69) is 19.8 Å². The molecule has 1 aliphatic rings. The normalized spacial score (nSPS) is 14.1. The fourth-order valence-electron chi connectivity index (χ4n) is 4.69. The first-order chi connectivity index (χ1) is 17.6. The molecule has 0 radical (unpaired) electrons. The Bertz CT molecular complexity index is 1730. The minimum Gasteiger partial charge on any atom is -0.437 e. The van der Waals surface area contributed by atoms with Crippen LogP contribution >= 0.6 is 0 Å². The molecule has 0 unspecified atom stereocenters. The summed E-state index contributed by atoms with van der Waals surface area (Å²) in [5, 5.41) is 22.8. The molecule has 0 N–H and O–H groups in total. The molecule has 0 saturated carbocycles. The molecule has 0 bridgehead atoms. The number of amides is 1. The Balaban J connectivity index is 1.60. The summed E-state index contributed by atoms with van der Waals surface area (Å²) in [5.74, 6) is 0.854. The number of nitro groups is 1. The Morgan fingerprint density at radius 1 is 0.972 bits per heavy atom. The highest BCUT2D eigenvalue weighted by atomic mass is 16.6. The predicted octanol–water partition coefficient (Wildman–Crippen LogP) is 5.22. The van der Waals surface area contributed by atoms with Crippen molar-refractivity contribution < 1.29 is 14.1 Å². The molecule has 178 valence electrons. The Labute approximate surface area is 204 Å². The van der Waals surface area contributed by atoms with Gasteiger partial charge in [-0.15, -0.1) is 10.2 Å². The third kappa shape index (κ3) is 3.84. The quantitative estimate of drug-likeness (QED) is 0.199. The average Bonchev–Trinajstić information content (AvgIpc) is 3.15. The lowest BCUT2D eigenvalue weighted by Crippen LogP contribution is -2.14. The highest BCUT2D eigenvalue weighted by Gasteiger charge is 2.20. The molecule has 6 rings (SSSR count). The van der Waals surface area contributed by atoms with Crippen molar-refractivity contribution in [2.45, 2.75) is 32.2 Å². The molecule has 9 heteroatoms. The molecule has 9 nitrogen and oxygen atoms in total. The fraction of sp³-hybridized carbons (Fsp3) is 0.185. The minimum atomic E-state index is -0.640. The van der Waals surface area contributed by atoms with Crippen molar-refractivity contribution in [2.24, 2.45) is 4.99 Å². The Morgan fingerprint density at radius 3 is 2.72 bits per heavy atom. The minimum absolute atomic E-state index is 0.0924. The zero-order valence-corrected chi connectivity index (χ0v) is 19.3. The van der Waals surface area contributed by atoms with Crippen LogP contribution in [0.3, 0.4) is 0 Å². The summed E-state index contributed by atoms with van der Waals surface area (Å²) in [6, 6.07) is 19.2. The predicted molar refractivity (Wildman–Crippen MR) is 133 cm³/mol. The van der Waals surface area contributed by atoms with Gasteiger partial charge in [-0.05, 0) is 30.4 Å². The second kappa shape index (κ2) is 8.84. The summed E-state index contributed by atoms with van der Waals surface area (Å²) >= 11 is 0. The zero-order valence-electron chi connectivity index (χ0n) is 19.3. The lowest BCUT2D eigenvalue weighted by molar-refractivity contribution is -0.384. The van der Waals surface area contributed by atoms with Crippen molar-refractivity contribution in [3.05, 3.63) is 93.8 Å². The van der Waals surface area contributed by atoms with Crippen molar-refractivity contribution in [2.75, 3.05) is 0 Å². The summed E-state index contributed by atoms with van der Waals surface area (Å²) in [7, 11) is 0. The number of nitrogens with zero attached hydrogens (tertiary/aromatic N) is 5. The first kappa shape index (κ1) is 21.8. The second-order valence-electron chi connectivity index (χ2n) is 8.80. The second-order valence-corrected chi connectivity index (χ2v) is 8.80. The van der Waals surface area contributed by atoms with Gasteiger partial charge in [0, 0.05) is 41.4 Å². The monoisotopic (exact) mass is 479 g/mol. The van der Waals surface area contributed by atoms with Crippen molar-refractivity contribution in [3.63, 3.8) is 0 Å². The van der Waals surface area contributed by atoms with Gasteiger partial charge < -0.3 is 8.98 Å². The molecule has 2 aromatic heterocycles. The van der Waals surface area contributed by atoms with Crippen LogP contribution in [-0.4, -0.2) is 25.6 Å². The van der Waals surface area contributed by atoms with Gasteiger partial charge in [-0.1, -0.05) is 48.9 Å². The van der Waals surface area contributed by atoms with Crippen LogP contribution in [-0.2, 0) is 13.0 Å². The Hall–Kier alpha value is -4.66. The maximum absolute atomic E-state index is 13.2. The summed E-state index contributed by atoms with van der Waals surface area (Å²) in [6.45, 7) is 0.770. The van der Waals surface area contributed by atoms with E-state index in [0.717, 1.165) is 54.2 Å². The van der Waals surface area contributed by atoms with Gasteiger partial charge in [0.2, 0.25) is 5.55 Å². The number of hydrogen-bond donors (Lipinski definition) is 0. The summed E-state index contributed by atoms with van der Waals surface area (Å²) in [4.78, 5) is 28.1. The van der Waals surface area contributed by atoms with Gasteiger partial charge in [-0.2, -0.15) is 4.99 Å². The third-order valence-electron chi connectivity index (χ3n) is 6.50. The number of fused-ring (bicyclic) bond motifs is 4. The molecule has 0 fully saturated rings. The Kier molecular flexibility index (Phi) is 5.37. The van der Waals surface area contributed by atoms with Crippen molar-refractivity contribution in [1.82, 2.24) is 14.8 Å². The maximum Gasteiger partial charge on any atom is 0.280 e. The van der Waals surface area contributed by atoms with E-state index >= 15 is 0 Å². The number of nitro benzene ring substituents is 1. The Morgan fingerprint density at radius 2 is 1.83 bits per heavy atom. The van der Waals surface area contributed by atoms with Gasteiger partial charge in [0.05, 0.1) is 10.5 Å². The molecular formula is C27H21N5O4. The number of carbonyl (C=O) groups is 1. The van der Waals surface area contributed by atoms with Gasteiger partial charge in [-0.3, -0.25) is 14.9 Å². The molecule has 0 aliphatic carbocycles. The fourth-order valence-corrected chi connectivity index (χ4v) is 4.69. The van der Waals surface area contributed by atoms with E-state index in [1.54, 1.807) is 0 Å². The number of carbonyl (C=O) groups excluding carboxylic acids is 1. The van der Waals surface area contributed by atoms with E-state index in [0.29, 0.717) is 17.0 Å². The van der Waals surface area contributed by atoms with E-state index in [1.165, 1.54) is 24.3 Å². The molecule has 1 aliphatic heterocycles. The SMILES string of the molecule is O=C(N=c1oc2c(ccc3ccccc32)cc1-c1nnc2n1CCCCC2)c1cccc([N+](=O)[O-])c1. The number of hydrogen-bond acceptors (Lipinski definition) is 6. The first-order valence-electron chi connectivity index (χ1n) is 11.8. The lowest BCUT2D eigenvalue weighted by atomic mass is 10.1. The number of aromatic nitrogens is 3. The van der Waals surface area contributed by atoms with Gasteiger partial charge in [0.25, 0.3) is 11.6 Å². The zero-order chi connectivity index (χ0) is 24.6. The van der Waals surface area contributed by atoms with E-state index in [-0.39, 0.29) is 16.8 Å². The molecule has 0 spiro atoms. The third-order valence-corrected chi connectivity index (χ3v) is 6.50. The smallest absolute Gasteiger partial charge is 0.280 e. The van der Waals surface area contributed by atoms with Crippen molar-refractivity contribution in [3.8, 4) is 11.4 Å². The molecular weight excluding hydrogens is 458 g/mol. The van der Waals surface area contributed by atoms with Gasteiger partial charge in [0.1, 0.15) is 11.4 Å². The van der Waals surface area contributed by atoms with Gasteiger partial charge in [-0.25, -0.2) is 0 Å². The molecule has 3 heterocycles. The number of non-ortho nitro benzene ring substituents is 1. The molecule has 3 aromatic carbocycles. The maximum atomic E-state index is 13.2. The van der Waals surface area contributed by atoms with Crippen LogP contribution in [0.15, 0.2) is 76.1 Å². The lowest BCUT2D eigenvalue weighted by Gasteiger charge is -2.09. The molecule has 1 amide bonds. The molecule has 36 heavy (non-hydrogen) atoms. The van der Waals surface area contributed by atoms with Crippen LogP contribution in [0.25, 0.3) is 33.1 Å². The molecule has 0 atom stereocenters. The average molecular weight is 479 g/mol. The largest absolute Gasteiger partial charge is 0.437 e. The van der Waals surface area contributed by atoms with E-state index < -0.39 is 10.8 Å². The highest BCUT2D eigenvalue weighted by Crippen LogP contribution is 2.28. The number of rotatable bonds is 3. The van der Waals surface area contributed by atoms with E-state index in [9.17, 15) is 14.9 Å². The van der Waals surface area contributed by atoms with Gasteiger partial charge in [0.15, 0.2) is 5.82 Å². The van der Waals surface area contributed by atoms with Crippen LogP contribution in [0, 0.1) is 10.1 Å². The van der Waals surface area contributed by atoms with E-state index in [4.69, 9.17) is 4.42 Å².